The Morgan fingerprint density at radius 2 is 2.15 bits per heavy atom. The highest BCUT2D eigenvalue weighted by Crippen LogP contribution is 2.12. The standard InChI is InChI=1S/C13H11N5OS/c19-12(16-13-9-14-17-20-13)8-10-2-4-11(5-3-10)18-7-1-6-15-18/h1-7,9H,8H2,(H,16,19). The Morgan fingerprint density at radius 1 is 1.30 bits per heavy atom. The second-order valence-corrected chi connectivity index (χ2v) is 4.91. The number of anilines is 1. The molecule has 0 bridgehead atoms. The van der Waals surface area contributed by atoms with E-state index in [-0.39, 0.29) is 5.91 Å². The highest BCUT2D eigenvalue weighted by atomic mass is 32.1. The number of benzene rings is 1. The predicted octanol–water partition coefficient (Wildman–Crippen LogP) is 1.90. The molecule has 0 unspecified atom stereocenters. The average molecular weight is 285 g/mol. The fourth-order valence-corrected chi connectivity index (χ4v) is 2.21. The highest BCUT2D eigenvalue weighted by Gasteiger charge is 2.06. The van der Waals surface area contributed by atoms with E-state index < -0.39 is 0 Å². The van der Waals surface area contributed by atoms with Gasteiger partial charge in [0, 0.05) is 23.9 Å². The Kier molecular flexibility index (Phi) is 3.51. The van der Waals surface area contributed by atoms with Crippen molar-refractivity contribution in [1.82, 2.24) is 19.4 Å². The fourth-order valence-electron chi connectivity index (χ4n) is 1.78. The molecule has 0 fully saturated rings. The lowest BCUT2D eigenvalue weighted by Crippen LogP contribution is -2.13. The minimum Gasteiger partial charge on any atom is -0.315 e. The van der Waals surface area contributed by atoms with E-state index >= 15 is 0 Å². The summed E-state index contributed by atoms with van der Waals surface area (Å²) in [6, 6.07) is 9.57. The van der Waals surface area contributed by atoms with Crippen molar-refractivity contribution in [3.8, 4) is 5.69 Å². The molecule has 0 aliphatic rings. The van der Waals surface area contributed by atoms with Gasteiger partial charge in [0.1, 0.15) is 5.00 Å². The van der Waals surface area contributed by atoms with Gasteiger partial charge in [-0.15, -0.1) is 5.10 Å². The van der Waals surface area contributed by atoms with Gasteiger partial charge < -0.3 is 5.32 Å². The van der Waals surface area contributed by atoms with E-state index in [9.17, 15) is 4.79 Å². The largest absolute Gasteiger partial charge is 0.315 e. The number of carbonyl (C=O) groups is 1. The summed E-state index contributed by atoms with van der Waals surface area (Å²) in [6.07, 6.45) is 5.45. The predicted molar refractivity (Wildman–Crippen MR) is 75.8 cm³/mol. The molecule has 0 atom stereocenters. The Balaban J connectivity index is 1.65. The van der Waals surface area contributed by atoms with Crippen LogP contribution >= 0.6 is 11.5 Å². The summed E-state index contributed by atoms with van der Waals surface area (Å²) in [5.41, 5.74) is 1.90. The van der Waals surface area contributed by atoms with Crippen LogP contribution in [0.5, 0.6) is 0 Å². The van der Waals surface area contributed by atoms with E-state index in [1.54, 1.807) is 10.9 Å². The molecule has 7 heteroatoms. The van der Waals surface area contributed by atoms with Gasteiger partial charge in [-0.2, -0.15) is 5.10 Å². The number of hydrogen-bond donors (Lipinski definition) is 1. The van der Waals surface area contributed by atoms with Gasteiger partial charge in [0.15, 0.2) is 0 Å². The fraction of sp³-hybridized carbons (Fsp3) is 0.0769. The lowest BCUT2D eigenvalue weighted by molar-refractivity contribution is -0.115. The average Bonchev–Trinajstić information content (AvgIpc) is 3.12. The van der Waals surface area contributed by atoms with Crippen molar-refractivity contribution in [1.29, 1.82) is 0 Å². The summed E-state index contributed by atoms with van der Waals surface area (Å²) in [5.74, 6) is -0.0807. The third-order valence-electron chi connectivity index (χ3n) is 2.69. The van der Waals surface area contributed by atoms with E-state index in [0.717, 1.165) is 22.8 Å². The van der Waals surface area contributed by atoms with Crippen LogP contribution in [-0.4, -0.2) is 25.3 Å². The van der Waals surface area contributed by atoms with Crippen molar-refractivity contribution in [2.75, 3.05) is 5.32 Å². The van der Waals surface area contributed by atoms with Gasteiger partial charge in [0.2, 0.25) is 5.91 Å². The number of rotatable bonds is 4. The first-order chi connectivity index (χ1) is 9.81. The lowest BCUT2D eigenvalue weighted by atomic mass is 10.1. The van der Waals surface area contributed by atoms with Crippen LogP contribution in [0.2, 0.25) is 0 Å². The summed E-state index contributed by atoms with van der Waals surface area (Å²) in [6.45, 7) is 0. The maximum atomic E-state index is 11.8. The SMILES string of the molecule is O=C(Cc1ccc(-n2cccn2)cc1)Nc1cnns1. The molecule has 20 heavy (non-hydrogen) atoms. The molecular weight excluding hydrogens is 274 g/mol. The second kappa shape index (κ2) is 5.62. The summed E-state index contributed by atoms with van der Waals surface area (Å²) >= 11 is 1.16. The molecule has 1 amide bonds. The topological polar surface area (TPSA) is 72.7 Å². The second-order valence-electron chi connectivity index (χ2n) is 4.12. The molecule has 2 aromatic heterocycles. The lowest BCUT2D eigenvalue weighted by Gasteiger charge is -2.04. The smallest absolute Gasteiger partial charge is 0.229 e. The first-order valence-electron chi connectivity index (χ1n) is 5.97. The van der Waals surface area contributed by atoms with E-state index in [4.69, 9.17) is 0 Å². The van der Waals surface area contributed by atoms with Crippen molar-refractivity contribution < 1.29 is 4.79 Å². The van der Waals surface area contributed by atoms with Crippen LogP contribution in [0.4, 0.5) is 5.00 Å². The maximum Gasteiger partial charge on any atom is 0.229 e. The van der Waals surface area contributed by atoms with Crippen molar-refractivity contribution in [2.45, 2.75) is 6.42 Å². The molecule has 100 valence electrons. The Bertz CT molecular complexity index is 676. The minimum atomic E-state index is -0.0807. The van der Waals surface area contributed by atoms with Crippen molar-refractivity contribution in [3.63, 3.8) is 0 Å². The van der Waals surface area contributed by atoms with E-state index in [2.05, 4.69) is 20.0 Å². The van der Waals surface area contributed by atoms with Gasteiger partial charge in [-0.05, 0) is 23.8 Å². The molecule has 3 rings (SSSR count). The first kappa shape index (κ1) is 12.5. The Labute approximate surface area is 119 Å². The van der Waals surface area contributed by atoms with Crippen LogP contribution in [-0.2, 0) is 11.2 Å². The van der Waals surface area contributed by atoms with E-state index in [0.29, 0.717) is 11.4 Å². The van der Waals surface area contributed by atoms with Gasteiger partial charge in [0.25, 0.3) is 0 Å². The van der Waals surface area contributed by atoms with Crippen molar-refractivity contribution in [3.05, 3.63) is 54.5 Å². The third kappa shape index (κ3) is 2.89. The molecular formula is C13H11N5OS. The zero-order valence-corrected chi connectivity index (χ0v) is 11.2. The monoisotopic (exact) mass is 285 g/mol. The Morgan fingerprint density at radius 3 is 2.80 bits per heavy atom. The molecule has 0 aliphatic heterocycles. The van der Waals surface area contributed by atoms with Crippen LogP contribution in [0, 0.1) is 0 Å². The molecule has 0 saturated carbocycles. The molecule has 0 aliphatic carbocycles. The van der Waals surface area contributed by atoms with Gasteiger partial charge in [-0.1, -0.05) is 16.6 Å². The maximum absolute atomic E-state index is 11.8. The minimum absolute atomic E-state index is 0.0807. The summed E-state index contributed by atoms with van der Waals surface area (Å²) in [4.78, 5) is 11.8. The van der Waals surface area contributed by atoms with Crippen LogP contribution in [0.15, 0.2) is 48.9 Å². The zero-order chi connectivity index (χ0) is 13.8. The summed E-state index contributed by atoms with van der Waals surface area (Å²) in [7, 11) is 0. The highest BCUT2D eigenvalue weighted by molar-refractivity contribution is 7.10. The number of nitrogens with zero attached hydrogens (tertiary/aromatic N) is 4. The molecule has 0 radical (unpaired) electrons. The van der Waals surface area contributed by atoms with Gasteiger partial charge in [-0.25, -0.2) is 4.68 Å². The van der Waals surface area contributed by atoms with Crippen LogP contribution in [0.3, 0.4) is 0 Å². The third-order valence-corrected chi connectivity index (χ3v) is 3.27. The van der Waals surface area contributed by atoms with Gasteiger partial charge in [0.05, 0.1) is 18.3 Å². The molecule has 1 N–H and O–H groups in total. The van der Waals surface area contributed by atoms with Crippen molar-refractivity contribution >= 4 is 22.4 Å². The number of amides is 1. The molecule has 1 aromatic carbocycles. The van der Waals surface area contributed by atoms with Crippen molar-refractivity contribution in [2.24, 2.45) is 0 Å². The normalized spacial score (nSPS) is 10.4. The van der Waals surface area contributed by atoms with Crippen LogP contribution in [0.25, 0.3) is 5.69 Å². The quantitative estimate of drug-likeness (QED) is 0.794. The summed E-state index contributed by atoms with van der Waals surface area (Å²) in [5, 5.41) is 11.2. The number of nitrogens with one attached hydrogen (secondary N) is 1. The first-order valence-corrected chi connectivity index (χ1v) is 6.75. The zero-order valence-electron chi connectivity index (χ0n) is 10.4. The molecule has 0 saturated heterocycles. The van der Waals surface area contributed by atoms with Crippen LogP contribution < -0.4 is 5.32 Å². The molecule has 2 heterocycles. The molecule has 3 aromatic rings. The van der Waals surface area contributed by atoms with Crippen LogP contribution in [0.1, 0.15) is 5.56 Å². The Hall–Kier alpha value is -2.54. The van der Waals surface area contributed by atoms with E-state index in [1.807, 2.05) is 36.5 Å². The number of aromatic nitrogens is 4. The molecule has 0 spiro atoms. The summed E-state index contributed by atoms with van der Waals surface area (Å²) < 4.78 is 5.46. The van der Waals surface area contributed by atoms with E-state index in [1.165, 1.54) is 6.20 Å². The molecule has 6 nitrogen and oxygen atoms in total. The number of carbonyl (C=O) groups excluding carboxylic acids is 1. The number of hydrogen-bond acceptors (Lipinski definition) is 5. The van der Waals surface area contributed by atoms with Gasteiger partial charge >= 0.3 is 0 Å². The van der Waals surface area contributed by atoms with Gasteiger partial charge in [-0.3, -0.25) is 4.79 Å².